The zero-order valence-electron chi connectivity index (χ0n) is 9.46. The number of hydrogen-bond acceptors (Lipinski definition) is 7. The first-order valence-electron chi connectivity index (χ1n) is 5.66. The van der Waals surface area contributed by atoms with Gasteiger partial charge in [-0.25, -0.2) is 4.63 Å². The molecule has 0 aliphatic heterocycles. The lowest BCUT2D eigenvalue weighted by atomic mass is 10.1. The maximum Gasteiger partial charge on any atom is 0.284 e. The molecule has 90 valence electrons. The van der Waals surface area contributed by atoms with Gasteiger partial charge in [0, 0.05) is 5.92 Å². The molecule has 17 heavy (non-hydrogen) atoms. The van der Waals surface area contributed by atoms with Crippen molar-refractivity contribution in [2.45, 2.75) is 32.1 Å². The van der Waals surface area contributed by atoms with Crippen LogP contribution in [0.1, 0.15) is 37.9 Å². The van der Waals surface area contributed by atoms with Crippen LogP contribution in [-0.4, -0.2) is 20.5 Å². The van der Waals surface area contributed by atoms with Gasteiger partial charge in [0.05, 0.1) is 0 Å². The molecule has 1 fully saturated rings. The van der Waals surface area contributed by atoms with Crippen LogP contribution < -0.4 is 5.73 Å². The van der Waals surface area contributed by atoms with E-state index in [1.54, 1.807) is 0 Å². The minimum absolute atomic E-state index is 0.167. The zero-order chi connectivity index (χ0) is 11.8. The van der Waals surface area contributed by atoms with Crippen molar-refractivity contribution in [1.82, 2.24) is 20.5 Å². The lowest BCUT2D eigenvalue weighted by molar-refractivity contribution is 0.308. The average Bonchev–Trinajstić information content (AvgIpc) is 2.97. The fraction of sp³-hybridized carbons (Fsp3) is 0.600. The predicted octanol–water partition coefficient (Wildman–Crippen LogP) is 1.61. The number of rotatable bonds is 2. The summed E-state index contributed by atoms with van der Waals surface area (Å²) in [6.07, 6.45) is 3.42. The first-order chi connectivity index (χ1) is 8.24. The van der Waals surface area contributed by atoms with E-state index in [-0.39, 0.29) is 11.7 Å². The normalized spacial score (nSPS) is 24.3. The van der Waals surface area contributed by atoms with Crippen LogP contribution >= 0.6 is 0 Å². The molecule has 0 amide bonds. The Morgan fingerprint density at radius 3 is 2.76 bits per heavy atom. The van der Waals surface area contributed by atoms with Crippen LogP contribution in [0, 0.1) is 5.92 Å². The van der Waals surface area contributed by atoms with Gasteiger partial charge in [-0.15, -0.1) is 0 Å². The summed E-state index contributed by atoms with van der Waals surface area (Å²) in [5.74, 6) is 2.27. The van der Waals surface area contributed by atoms with Gasteiger partial charge in [-0.3, -0.25) is 0 Å². The summed E-state index contributed by atoms with van der Waals surface area (Å²) in [6.45, 7) is 2.24. The standard InChI is InChI=1S/C10H13N5O2/c1-5-2-3-6(4-5)9-12-10(16-15-9)7-8(11)14-17-13-7/h5-6H,2-4H2,1H3,(H2,11,14). The molecule has 0 radical (unpaired) electrons. The third kappa shape index (κ3) is 1.77. The van der Waals surface area contributed by atoms with Crippen LogP contribution in [0.3, 0.4) is 0 Å². The zero-order valence-corrected chi connectivity index (χ0v) is 9.46. The molecule has 1 saturated carbocycles. The van der Waals surface area contributed by atoms with Crippen LogP contribution in [0.15, 0.2) is 9.15 Å². The van der Waals surface area contributed by atoms with E-state index in [0.717, 1.165) is 24.6 Å². The summed E-state index contributed by atoms with van der Waals surface area (Å²) in [5, 5.41) is 11.1. The van der Waals surface area contributed by atoms with E-state index in [1.165, 1.54) is 6.42 Å². The number of nitrogen functional groups attached to an aromatic ring is 1. The number of nitrogens with zero attached hydrogens (tertiary/aromatic N) is 4. The number of hydrogen-bond donors (Lipinski definition) is 1. The number of nitrogens with two attached hydrogens (primary N) is 1. The van der Waals surface area contributed by atoms with E-state index in [0.29, 0.717) is 11.6 Å². The van der Waals surface area contributed by atoms with Crippen molar-refractivity contribution < 1.29 is 9.15 Å². The molecule has 0 saturated heterocycles. The molecule has 1 aliphatic rings. The first kappa shape index (κ1) is 10.2. The molecule has 1 aliphatic carbocycles. The van der Waals surface area contributed by atoms with Crippen LogP contribution in [0.5, 0.6) is 0 Å². The Labute approximate surface area is 97.3 Å². The van der Waals surface area contributed by atoms with Crippen molar-refractivity contribution in [1.29, 1.82) is 0 Å². The Morgan fingerprint density at radius 2 is 2.12 bits per heavy atom. The second-order valence-corrected chi connectivity index (χ2v) is 4.57. The van der Waals surface area contributed by atoms with Gasteiger partial charge in [0.1, 0.15) is 0 Å². The largest absolute Gasteiger partial charge is 0.379 e. The smallest absolute Gasteiger partial charge is 0.284 e. The number of aromatic nitrogens is 4. The Morgan fingerprint density at radius 1 is 1.24 bits per heavy atom. The van der Waals surface area contributed by atoms with Crippen LogP contribution in [0.2, 0.25) is 0 Å². The highest BCUT2D eigenvalue weighted by atomic mass is 16.6. The van der Waals surface area contributed by atoms with Crippen molar-refractivity contribution in [3.05, 3.63) is 5.82 Å². The molecular formula is C10H13N5O2. The molecule has 2 atom stereocenters. The van der Waals surface area contributed by atoms with Crippen molar-refractivity contribution in [3.8, 4) is 11.6 Å². The summed E-state index contributed by atoms with van der Waals surface area (Å²) in [4.78, 5) is 4.31. The second kappa shape index (κ2) is 3.83. The van der Waals surface area contributed by atoms with Crippen molar-refractivity contribution in [2.24, 2.45) is 5.92 Å². The lowest BCUT2D eigenvalue weighted by Crippen LogP contribution is -1.96. The van der Waals surface area contributed by atoms with E-state index in [1.807, 2.05) is 0 Å². The minimum atomic E-state index is 0.167. The van der Waals surface area contributed by atoms with Crippen LogP contribution in [0.4, 0.5) is 5.82 Å². The molecule has 2 aromatic heterocycles. The maximum absolute atomic E-state index is 5.56. The third-order valence-corrected chi connectivity index (χ3v) is 3.22. The van der Waals surface area contributed by atoms with Crippen molar-refractivity contribution in [2.75, 3.05) is 5.73 Å². The molecule has 3 rings (SSSR count). The Hall–Kier alpha value is -1.92. The van der Waals surface area contributed by atoms with E-state index in [4.69, 9.17) is 10.3 Å². The summed E-state index contributed by atoms with van der Waals surface area (Å²) >= 11 is 0. The highest BCUT2D eigenvalue weighted by Crippen LogP contribution is 2.37. The van der Waals surface area contributed by atoms with Crippen molar-refractivity contribution in [3.63, 3.8) is 0 Å². The molecule has 2 N–H and O–H groups in total. The molecule has 2 aromatic rings. The highest BCUT2D eigenvalue weighted by molar-refractivity contribution is 5.60. The Bertz CT molecular complexity index is 520. The van der Waals surface area contributed by atoms with Crippen LogP contribution in [0.25, 0.3) is 11.6 Å². The minimum Gasteiger partial charge on any atom is -0.379 e. The van der Waals surface area contributed by atoms with E-state index in [2.05, 4.69) is 32.0 Å². The molecule has 2 unspecified atom stereocenters. The first-order valence-corrected chi connectivity index (χ1v) is 5.66. The van der Waals surface area contributed by atoms with Crippen LogP contribution in [-0.2, 0) is 0 Å². The third-order valence-electron chi connectivity index (χ3n) is 3.22. The Balaban J connectivity index is 1.86. The summed E-state index contributed by atoms with van der Waals surface area (Å²) in [7, 11) is 0. The van der Waals surface area contributed by atoms with Gasteiger partial charge in [-0.1, -0.05) is 12.1 Å². The summed E-state index contributed by atoms with van der Waals surface area (Å²) in [5.41, 5.74) is 5.88. The Kier molecular flexibility index (Phi) is 2.31. The molecular weight excluding hydrogens is 222 g/mol. The quantitative estimate of drug-likeness (QED) is 0.842. The molecule has 7 heteroatoms. The number of anilines is 1. The van der Waals surface area contributed by atoms with Gasteiger partial charge in [0.2, 0.25) is 11.5 Å². The molecule has 0 aromatic carbocycles. The molecule has 0 bridgehead atoms. The average molecular weight is 235 g/mol. The molecule has 0 spiro atoms. The van der Waals surface area contributed by atoms with Gasteiger partial charge in [-0.05, 0) is 35.5 Å². The fourth-order valence-corrected chi connectivity index (χ4v) is 2.28. The van der Waals surface area contributed by atoms with Gasteiger partial charge in [-0.2, -0.15) is 4.98 Å². The van der Waals surface area contributed by atoms with Crippen molar-refractivity contribution >= 4 is 5.82 Å². The maximum atomic E-state index is 5.56. The lowest BCUT2D eigenvalue weighted by Gasteiger charge is -2.01. The summed E-state index contributed by atoms with van der Waals surface area (Å²) < 4.78 is 9.63. The predicted molar refractivity (Wildman–Crippen MR) is 57.8 cm³/mol. The van der Waals surface area contributed by atoms with Gasteiger partial charge in [0.15, 0.2) is 5.82 Å². The topological polar surface area (TPSA) is 104 Å². The van der Waals surface area contributed by atoms with Gasteiger partial charge in [0.25, 0.3) is 5.89 Å². The summed E-state index contributed by atoms with van der Waals surface area (Å²) in [6, 6.07) is 0. The molecule has 7 nitrogen and oxygen atoms in total. The van der Waals surface area contributed by atoms with Gasteiger partial charge >= 0.3 is 0 Å². The van der Waals surface area contributed by atoms with E-state index in [9.17, 15) is 0 Å². The molecule has 2 heterocycles. The van der Waals surface area contributed by atoms with Gasteiger partial charge < -0.3 is 10.3 Å². The monoisotopic (exact) mass is 235 g/mol. The fourth-order valence-electron chi connectivity index (χ4n) is 2.28. The highest BCUT2D eigenvalue weighted by Gasteiger charge is 2.28. The second-order valence-electron chi connectivity index (χ2n) is 4.57. The SMILES string of the molecule is CC1CCC(c2noc(-c3nonc3N)n2)C1. The van der Waals surface area contributed by atoms with E-state index < -0.39 is 0 Å². The van der Waals surface area contributed by atoms with E-state index >= 15 is 0 Å².